The molecule has 2 aromatic heterocycles. The van der Waals surface area contributed by atoms with Crippen LogP contribution in [0.3, 0.4) is 0 Å². The first-order chi connectivity index (χ1) is 6.31. The molecular formula is C9H6N2OS. The van der Waals surface area contributed by atoms with Crippen molar-refractivity contribution in [1.29, 1.82) is 5.26 Å². The van der Waals surface area contributed by atoms with Gasteiger partial charge in [-0.25, -0.2) is 0 Å². The molecule has 0 spiro atoms. The van der Waals surface area contributed by atoms with Crippen molar-refractivity contribution in [3.05, 3.63) is 29.3 Å². The predicted octanol–water partition coefficient (Wildman–Crippen LogP) is 2.46. The maximum absolute atomic E-state index is 8.68. The Kier molecular flexibility index (Phi) is 1.80. The van der Waals surface area contributed by atoms with E-state index < -0.39 is 0 Å². The fraction of sp³-hybridized carbons (Fsp3) is 0. The molecule has 0 atom stereocenters. The summed E-state index contributed by atoms with van der Waals surface area (Å²) in [4.78, 5) is 1.42. The monoisotopic (exact) mass is 190 g/mol. The molecule has 0 fully saturated rings. The van der Waals surface area contributed by atoms with Crippen molar-refractivity contribution in [2.75, 3.05) is 5.73 Å². The van der Waals surface area contributed by atoms with Gasteiger partial charge < -0.3 is 10.2 Å². The standard InChI is InChI=1S/C9H6N2OS/c10-5-9-6(11)4-8(13-9)7-2-1-3-12-7/h1-4H,11H2. The molecule has 13 heavy (non-hydrogen) atoms. The lowest BCUT2D eigenvalue weighted by Crippen LogP contribution is -1.81. The van der Waals surface area contributed by atoms with E-state index in [9.17, 15) is 0 Å². The normalized spacial score (nSPS) is 9.77. The summed E-state index contributed by atoms with van der Waals surface area (Å²) < 4.78 is 5.18. The number of hydrogen-bond acceptors (Lipinski definition) is 4. The number of furan rings is 1. The van der Waals surface area contributed by atoms with Gasteiger partial charge in [-0.2, -0.15) is 5.26 Å². The van der Waals surface area contributed by atoms with E-state index >= 15 is 0 Å². The molecule has 4 heteroatoms. The molecule has 0 aliphatic rings. The molecule has 0 aliphatic heterocycles. The van der Waals surface area contributed by atoms with Gasteiger partial charge in [0, 0.05) is 0 Å². The van der Waals surface area contributed by atoms with Gasteiger partial charge in [0.2, 0.25) is 0 Å². The highest BCUT2D eigenvalue weighted by Crippen LogP contribution is 2.32. The smallest absolute Gasteiger partial charge is 0.143 e. The van der Waals surface area contributed by atoms with Gasteiger partial charge in [-0.15, -0.1) is 11.3 Å². The van der Waals surface area contributed by atoms with Gasteiger partial charge in [-0.1, -0.05) is 0 Å². The van der Waals surface area contributed by atoms with Crippen LogP contribution >= 0.6 is 11.3 Å². The van der Waals surface area contributed by atoms with Gasteiger partial charge >= 0.3 is 0 Å². The third-order valence-corrected chi connectivity index (χ3v) is 2.70. The Balaban J connectivity index is 2.50. The molecule has 2 aromatic rings. The second kappa shape index (κ2) is 2.96. The molecule has 3 nitrogen and oxygen atoms in total. The Morgan fingerprint density at radius 1 is 1.54 bits per heavy atom. The van der Waals surface area contributed by atoms with E-state index in [4.69, 9.17) is 15.4 Å². The van der Waals surface area contributed by atoms with Gasteiger partial charge in [0.15, 0.2) is 0 Å². The molecule has 0 saturated carbocycles. The fourth-order valence-electron chi connectivity index (χ4n) is 1.03. The molecule has 0 unspecified atom stereocenters. The first-order valence-corrected chi connectivity index (χ1v) is 4.46. The van der Waals surface area contributed by atoms with Gasteiger partial charge in [0.1, 0.15) is 16.7 Å². The summed E-state index contributed by atoms with van der Waals surface area (Å²) in [5, 5.41) is 8.68. The van der Waals surface area contributed by atoms with Crippen LogP contribution in [-0.2, 0) is 0 Å². The predicted molar refractivity (Wildman–Crippen MR) is 51.1 cm³/mol. The van der Waals surface area contributed by atoms with Crippen LogP contribution in [0.1, 0.15) is 4.88 Å². The third kappa shape index (κ3) is 1.30. The molecular weight excluding hydrogens is 184 g/mol. The number of nitrogens with two attached hydrogens (primary N) is 1. The van der Waals surface area contributed by atoms with Crippen LogP contribution < -0.4 is 5.73 Å². The van der Waals surface area contributed by atoms with Crippen LogP contribution in [0.15, 0.2) is 28.9 Å². The van der Waals surface area contributed by atoms with E-state index in [0.29, 0.717) is 10.6 Å². The van der Waals surface area contributed by atoms with Crippen LogP contribution in [-0.4, -0.2) is 0 Å². The maximum Gasteiger partial charge on any atom is 0.143 e. The lowest BCUT2D eigenvalue weighted by atomic mass is 10.3. The lowest BCUT2D eigenvalue weighted by Gasteiger charge is -1.85. The molecule has 0 amide bonds. The number of thiophene rings is 1. The molecule has 2 rings (SSSR count). The number of nitriles is 1. The van der Waals surface area contributed by atoms with Crippen LogP contribution in [0, 0.1) is 11.3 Å². The third-order valence-electron chi connectivity index (χ3n) is 1.63. The molecule has 64 valence electrons. The molecule has 0 aromatic carbocycles. The quantitative estimate of drug-likeness (QED) is 0.751. The topological polar surface area (TPSA) is 63.0 Å². The van der Waals surface area contributed by atoms with E-state index in [-0.39, 0.29) is 0 Å². The zero-order valence-electron chi connectivity index (χ0n) is 6.65. The Morgan fingerprint density at radius 3 is 2.92 bits per heavy atom. The maximum atomic E-state index is 8.68. The second-order valence-corrected chi connectivity index (χ2v) is 3.54. The summed E-state index contributed by atoms with van der Waals surface area (Å²) in [5.74, 6) is 0.748. The van der Waals surface area contributed by atoms with Crippen molar-refractivity contribution in [2.24, 2.45) is 0 Å². The summed E-state index contributed by atoms with van der Waals surface area (Å²) in [5.41, 5.74) is 6.12. The highest BCUT2D eigenvalue weighted by molar-refractivity contribution is 7.16. The van der Waals surface area contributed by atoms with Crippen molar-refractivity contribution < 1.29 is 4.42 Å². The minimum atomic E-state index is 0.513. The molecule has 0 saturated heterocycles. The molecule has 0 bridgehead atoms. The Morgan fingerprint density at radius 2 is 2.38 bits per heavy atom. The van der Waals surface area contributed by atoms with Crippen molar-refractivity contribution in [1.82, 2.24) is 0 Å². The minimum Gasteiger partial charge on any atom is -0.464 e. The van der Waals surface area contributed by atoms with Crippen molar-refractivity contribution in [2.45, 2.75) is 0 Å². The average molecular weight is 190 g/mol. The Bertz CT molecular complexity index is 450. The SMILES string of the molecule is N#Cc1sc(-c2ccco2)cc1N. The lowest BCUT2D eigenvalue weighted by molar-refractivity contribution is 0.584. The zero-order chi connectivity index (χ0) is 9.26. The second-order valence-electron chi connectivity index (χ2n) is 2.48. The van der Waals surface area contributed by atoms with E-state index in [1.807, 2.05) is 12.1 Å². The fourth-order valence-corrected chi connectivity index (χ4v) is 1.88. The largest absolute Gasteiger partial charge is 0.464 e. The van der Waals surface area contributed by atoms with E-state index in [1.165, 1.54) is 11.3 Å². The molecule has 0 aliphatic carbocycles. The van der Waals surface area contributed by atoms with E-state index in [0.717, 1.165) is 10.6 Å². The van der Waals surface area contributed by atoms with Crippen molar-refractivity contribution in [3.8, 4) is 16.7 Å². The Hall–Kier alpha value is -1.73. The zero-order valence-corrected chi connectivity index (χ0v) is 7.47. The van der Waals surface area contributed by atoms with E-state index in [1.54, 1.807) is 18.4 Å². The Labute approximate surface area is 79.0 Å². The number of nitrogens with zero attached hydrogens (tertiary/aromatic N) is 1. The summed E-state index contributed by atoms with van der Waals surface area (Å²) in [6.07, 6.45) is 1.59. The van der Waals surface area contributed by atoms with Gasteiger partial charge in [0.25, 0.3) is 0 Å². The molecule has 2 N–H and O–H groups in total. The van der Waals surface area contributed by atoms with Crippen LogP contribution in [0.4, 0.5) is 5.69 Å². The molecule has 0 radical (unpaired) electrons. The molecule has 2 heterocycles. The van der Waals surface area contributed by atoms with Gasteiger partial charge in [-0.05, 0) is 18.2 Å². The van der Waals surface area contributed by atoms with Crippen molar-refractivity contribution >= 4 is 17.0 Å². The highest BCUT2D eigenvalue weighted by Gasteiger charge is 2.08. The first-order valence-electron chi connectivity index (χ1n) is 3.64. The van der Waals surface area contributed by atoms with Gasteiger partial charge in [-0.3, -0.25) is 0 Å². The summed E-state index contributed by atoms with van der Waals surface area (Å²) in [6, 6.07) is 7.42. The van der Waals surface area contributed by atoms with Crippen LogP contribution in [0.25, 0.3) is 10.6 Å². The first kappa shape index (κ1) is 7.90. The summed E-state index contributed by atoms with van der Waals surface area (Å²) in [6.45, 7) is 0. The van der Waals surface area contributed by atoms with Crippen LogP contribution in [0.2, 0.25) is 0 Å². The number of nitrogen functional groups attached to an aromatic ring is 1. The summed E-state index contributed by atoms with van der Waals surface area (Å²) >= 11 is 1.34. The number of rotatable bonds is 1. The average Bonchev–Trinajstić information content (AvgIpc) is 2.71. The summed E-state index contributed by atoms with van der Waals surface area (Å²) in [7, 11) is 0. The number of hydrogen-bond donors (Lipinski definition) is 1. The van der Waals surface area contributed by atoms with Crippen molar-refractivity contribution in [3.63, 3.8) is 0 Å². The van der Waals surface area contributed by atoms with E-state index in [2.05, 4.69) is 0 Å². The van der Waals surface area contributed by atoms with Crippen LogP contribution in [0.5, 0.6) is 0 Å². The highest BCUT2D eigenvalue weighted by atomic mass is 32.1. The van der Waals surface area contributed by atoms with Gasteiger partial charge in [0.05, 0.1) is 16.8 Å². The minimum absolute atomic E-state index is 0.513. The number of anilines is 1.